The van der Waals surface area contributed by atoms with E-state index in [4.69, 9.17) is 0 Å². The smallest absolute Gasteiger partial charge is 0.258 e. The van der Waals surface area contributed by atoms with Crippen LogP contribution in [0.2, 0.25) is 0 Å². The van der Waals surface area contributed by atoms with E-state index >= 15 is 0 Å². The van der Waals surface area contributed by atoms with Gasteiger partial charge in [0.05, 0.1) is 17.1 Å². The van der Waals surface area contributed by atoms with E-state index in [1.54, 1.807) is 12.1 Å². The van der Waals surface area contributed by atoms with Crippen LogP contribution in [0.25, 0.3) is 0 Å². The van der Waals surface area contributed by atoms with Crippen molar-refractivity contribution in [2.75, 3.05) is 16.9 Å². The number of amides is 2. The van der Waals surface area contributed by atoms with Crippen LogP contribution in [-0.4, -0.2) is 34.4 Å². The summed E-state index contributed by atoms with van der Waals surface area (Å²) in [4.78, 5) is 26.2. The normalized spacial score (nSPS) is 16.9. The van der Waals surface area contributed by atoms with Crippen LogP contribution in [0.5, 0.6) is 0 Å². The summed E-state index contributed by atoms with van der Waals surface area (Å²) in [5.74, 6) is -1.57. The van der Waals surface area contributed by atoms with E-state index in [0.29, 0.717) is 5.75 Å². The van der Waals surface area contributed by atoms with E-state index in [-0.39, 0.29) is 17.1 Å². The molecule has 1 aliphatic rings. The summed E-state index contributed by atoms with van der Waals surface area (Å²) < 4.78 is 27.5. The van der Waals surface area contributed by atoms with Gasteiger partial charge in [0, 0.05) is 5.75 Å². The Balaban J connectivity index is 1.78. The van der Waals surface area contributed by atoms with Gasteiger partial charge in [0.15, 0.2) is 0 Å². The maximum Gasteiger partial charge on any atom is 0.258 e. The minimum atomic E-state index is -0.776. The first-order valence-electron chi connectivity index (χ1n) is 7.26. The first-order chi connectivity index (χ1) is 11.6. The number of nitrogens with one attached hydrogen (secondary N) is 1. The molecule has 2 aromatic rings. The zero-order chi connectivity index (χ0) is 17.1. The third kappa shape index (κ3) is 3.26. The van der Waals surface area contributed by atoms with Crippen molar-refractivity contribution in [3.05, 3.63) is 65.7 Å². The van der Waals surface area contributed by atoms with E-state index in [0.717, 1.165) is 0 Å². The van der Waals surface area contributed by atoms with Gasteiger partial charge in [-0.15, -0.1) is 11.8 Å². The van der Waals surface area contributed by atoms with Crippen molar-refractivity contribution in [3.8, 4) is 0 Å². The highest BCUT2D eigenvalue weighted by atomic mass is 32.2. The quantitative estimate of drug-likeness (QED) is 0.927. The molecule has 3 rings (SSSR count). The largest absolute Gasteiger partial charge is 0.322 e. The Bertz CT molecular complexity index is 785. The SMILES string of the molecule is O=C(Nc1ccccc1F)C1CSCN1C(=O)c1ccccc1F. The molecule has 0 saturated carbocycles. The lowest BCUT2D eigenvalue weighted by atomic mass is 10.1. The van der Waals surface area contributed by atoms with E-state index in [1.165, 1.54) is 53.1 Å². The number of carbonyl (C=O) groups is 2. The number of hydrogen-bond acceptors (Lipinski definition) is 3. The molecule has 1 fully saturated rings. The Kier molecular flexibility index (Phi) is 4.80. The average molecular weight is 348 g/mol. The molecule has 1 saturated heterocycles. The van der Waals surface area contributed by atoms with Crippen molar-refractivity contribution in [1.29, 1.82) is 0 Å². The fourth-order valence-electron chi connectivity index (χ4n) is 2.43. The minimum absolute atomic E-state index is 0.0534. The van der Waals surface area contributed by atoms with Gasteiger partial charge in [0.1, 0.15) is 17.7 Å². The van der Waals surface area contributed by atoms with Crippen LogP contribution < -0.4 is 5.32 Å². The summed E-state index contributed by atoms with van der Waals surface area (Å²) in [6.07, 6.45) is 0. The summed E-state index contributed by atoms with van der Waals surface area (Å²) in [5.41, 5.74) is -0.0265. The van der Waals surface area contributed by atoms with Crippen molar-refractivity contribution in [1.82, 2.24) is 4.90 Å². The van der Waals surface area contributed by atoms with Crippen LogP contribution >= 0.6 is 11.8 Å². The number of benzene rings is 2. The molecule has 1 N–H and O–H groups in total. The van der Waals surface area contributed by atoms with Gasteiger partial charge in [0.2, 0.25) is 5.91 Å². The Morgan fingerprint density at radius 2 is 1.71 bits per heavy atom. The molecule has 124 valence electrons. The summed E-state index contributed by atoms with van der Waals surface area (Å²) in [5, 5.41) is 2.49. The van der Waals surface area contributed by atoms with Gasteiger partial charge in [-0.05, 0) is 24.3 Å². The molecule has 24 heavy (non-hydrogen) atoms. The molecular weight excluding hydrogens is 334 g/mol. The lowest BCUT2D eigenvalue weighted by Gasteiger charge is -2.23. The topological polar surface area (TPSA) is 49.4 Å². The maximum absolute atomic E-state index is 13.8. The van der Waals surface area contributed by atoms with Crippen LogP contribution in [0.1, 0.15) is 10.4 Å². The maximum atomic E-state index is 13.8. The highest BCUT2D eigenvalue weighted by Gasteiger charge is 2.36. The van der Waals surface area contributed by atoms with Gasteiger partial charge < -0.3 is 10.2 Å². The van der Waals surface area contributed by atoms with Crippen LogP contribution in [0.15, 0.2) is 48.5 Å². The van der Waals surface area contributed by atoms with Crippen molar-refractivity contribution in [3.63, 3.8) is 0 Å². The second-order valence-electron chi connectivity index (χ2n) is 5.24. The van der Waals surface area contributed by atoms with Gasteiger partial charge >= 0.3 is 0 Å². The highest BCUT2D eigenvalue weighted by Crippen LogP contribution is 2.25. The lowest BCUT2D eigenvalue weighted by molar-refractivity contribution is -0.119. The highest BCUT2D eigenvalue weighted by molar-refractivity contribution is 7.99. The number of nitrogens with zero attached hydrogens (tertiary/aromatic N) is 1. The number of thioether (sulfide) groups is 1. The van der Waals surface area contributed by atoms with Gasteiger partial charge in [-0.3, -0.25) is 9.59 Å². The standard InChI is InChI=1S/C17H14F2N2O2S/c18-12-6-2-1-5-11(12)17(23)21-10-24-9-15(21)16(22)20-14-8-4-3-7-13(14)19/h1-8,15H,9-10H2,(H,20,22). The monoisotopic (exact) mass is 348 g/mol. The molecule has 2 aromatic carbocycles. The van der Waals surface area contributed by atoms with Crippen LogP contribution in [0, 0.1) is 11.6 Å². The summed E-state index contributed by atoms with van der Waals surface area (Å²) in [6, 6.07) is 10.7. The molecular formula is C17H14F2N2O2S. The molecule has 4 nitrogen and oxygen atoms in total. The molecule has 0 spiro atoms. The fraction of sp³-hybridized carbons (Fsp3) is 0.176. The third-order valence-electron chi connectivity index (χ3n) is 3.68. The predicted octanol–water partition coefficient (Wildman–Crippen LogP) is 3.12. The molecule has 1 unspecified atom stereocenters. The van der Waals surface area contributed by atoms with Crippen LogP contribution in [-0.2, 0) is 4.79 Å². The first-order valence-corrected chi connectivity index (χ1v) is 8.42. The molecule has 2 amide bonds. The van der Waals surface area contributed by atoms with E-state index in [1.807, 2.05) is 0 Å². The second-order valence-corrected chi connectivity index (χ2v) is 6.24. The number of hydrogen-bond donors (Lipinski definition) is 1. The molecule has 0 aromatic heterocycles. The van der Waals surface area contributed by atoms with Gasteiger partial charge in [0.25, 0.3) is 5.91 Å². The van der Waals surface area contributed by atoms with Crippen molar-refractivity contribution >= 4 is 29.3 Å². The zero-order valence-corrected chi connectivity index (χ0v) is 13.4. The second kappa shape index (κ2) is 7.00. The van der Waals surface area contributed by atoms with Gasteiger partial charge in [-0.25, -0.2) is 8.78 Å². The number of halogens is 2. The number of carbonyl (C=O) groups excluding carboxylic acids is 2. The fourth-order valence-corrected chi connectivity index (χ4v) is 3.58. The molecule has 1 aliphatic heterocycles. The minimum Gasteiger partial charge on any atom is -0.322 e. The van der Waals surface area contributed by atoms with Crippen molar-refractivity contribution < 1.29 is 18.4 Å². The molecule has 1 heterocycles. The molecule has 0 radical (unpaired) electrons. The molecule has 7 heteroatoms. The number of rotatable bonds is 3. The Morgan fingerprint density at radius 3 is 2.42 bits per heavy atom. The Morgan fingerprint density at radius 1 is 1.04 bits per heavy atom. The van der Waals surface area contributed by atoms with Crippen LogP contribution in [0.4, 0.5) is 14.5 Å². The zero-order valence-electron chi connectivity index (χ0n) is 12.5. The van der Waals surface area contributed by atoms with Gasteiger partial charge in [-0.2, -0.15) is 0 Å². The molecule has 1 atom stereocenters. The van der Waals surface area contributed by atoms with Crippen molar-refractivity contribution in [2.24, 2.45) is 0 Å². The Labute approximate surface area is 141 Å². The van der Waals surface area contributed by atoms with Gasteiger partial charge in [-0.1, -0.05) is 24.3 Å². The van der Waals surface area contributed by atoms with E-state index in [9.17, 15) is 18.4 Å². The molecule has 0 aliphatic carbocycles. The van der Waals surface area contributed by atoms with Crippen LogP contribution in [0.3, 0.4) is 0 Å². The number of para-hydroxylation sites is 1. The van der Waals surface area contributed by atoms with Crippen molar-refractivity contribution in [2.45, 2.75) is 6.04 Å². The number of anilines is 1. The summed E-state index contributed by atoms with van der Waals surface area (Å²) >= 11 is 1.39. The molecule has 0 bridgehead atoms. The average Bonchev–Trinajstić information content (AvgIpc) is 3.06. The summed E-state index contributed by atoms with van der Waals surface area (Å²) in [6.45, 7) is 0. The predicted molar refractivity (Wildman–Crippen MR) is 88.7 cm³/mol. The van der Waals surface area contributed by atoms with E-state index in [2.05, 4.69) is 5.32 Å². The first kappa shape index (κ1) is 16.4. The van der Waals surface area contributed by atoms with E-state index < -0.39 is 29.5 Å². The third-order valence-corrected chi connectivity index (χ3v) is 4.69. The summed E-state index contributed by atoms with van der Waals surface area (Å²) in [7, 11) is 0. The Hall–Kier alpha value is -2.41. The lowest BCUT2D eigenvalue weighted by Crippen LogP contribution is -2.44.